The molecule has 0 spiro atoms. The SMILES string of the molecule is Fc1ccc(Cc2cccnc2)c2nc(-c3cccc(C(F)(F)F)c3)ccc12. The molecule has 0 aliphatic carbocycles. The average molecular weight is 382 g/mol. The molecular weight excluding hydrogens is 368 g/mol. The molecule has 6 heteroatoms. The van der Waals surface area contributed by atoms with Gasteiger partial charge >= 0.3 is 6.18 Å². The van der Waals surface area contributed by atoms with Gasteiger partial charge in [0.05, 0.1) is 16.8 Å². The second-order valence-electron chi connectivity index (χ2n) is 6.42. The predicted molar refractivity (Wildman–Crippen MR) is 99.2 cm³/mol. The minimum absolute atomic E-state index is 0.327. The summed E-state index contributed by atoms with van der Waals surface area (Å²) >= 11 is 0. The van der Waals surface area contributed by atoms with Crippen molar-refractivity contribution in [1.29, 1.82) is 0 Å². The molecule has 0 saturated heterocycles. The molecule has 140 valence electrons. The van der Waals surface area contributed by atoms with Crippen LogP contribution in [0.25, 0.3) is 22.2 Å². The zero-order chi connectivity index (χ0) is 19.7. The summed E-state index contributed by atoms with van der Waals surface area (Å²) in [6.07, 6.45) is -0.573. The summed E-state index contributed by atoms with van der Waals surface area (Å²) in [5.41, 5.74) is 2.07. The third-order valence-electron chi connectivity index (χ3n) is 4.49. The highest BCUT2D eigenvalue weighted by Gasteiger charge is 2.30. The van der Waals surface area contributed by atoms with Gasteiger partial charge in [-0.25, -0.2) is 9.37 Å². The monoisotopic (exact) mass is 382 g/mol. The van der Waals surface area contributed by atoms with E-state index >= 15 is 0 Å². The van der Waals surface area contributed by atoms with Crippen LogP contribution in [-0.4, -0.2) is 9.97 Å². The molecule has 2 aromatic heterocycles. The maximum Gasteiger partial charge on any atom is 0.416 e. The normalized spacial score (nSPS) is 11.7. The van der Waals surface area contributed by atoms with Crippen molar-refractivity contribution >= 4 is 10.9 Å². The maximum absolute atomic E-state index is 14.3. The van der Waals surface area contributed by atoms with E-state index in [9.17, 15) is 17.6 Å². The number of hydrogen-bond donors (Lipinski definition) is 0. The van der Waals surface area contributed by atoms with Crippen LogP contribution in [0.2, 0.25) is 0 Å². The number of nitrogens with zero attached hydrogens (tertiary/aromatic N) is 2. The molecule has 0 atom stereocenters. The lowest BCUT2D eigenvalue weighted by molar-refractivity contribution is -0.137. The first-order valence-electron chi connectivity index (χ1n) is 8.56. The highest BCUT2D eigenvalue weighted by molar-refractivity contribution is 5.85. The number of benzene rings is 2. The minimum Gasteiger partial charge on any atom is -0.264 e. The van der Waals surface area contributed by atoms with Crippen LogP contribution >= 0.6 is 0 Å². The Morgan fingerprint density at radius 1 is 0.893 bits per heavy atom. The van der Waals surface area contributed by atoms with Gasteiger partial charge in [-0.3, -0.25) is 4.98 Å². The van der Waals surface area contributed by atoms with E-state index in [4.69, 9.17) is 0 Å². The summed E-state index contributed by atoms with van der Waals surface area (Å²) in [7, 11) is 0. The number of rotatable bonds is 3. The van der Waals surface area contributed by atoms with Crippen molar-refractivity contribution in [1.82, 2.24) is 9.97 Å². The van der Waals surface area contributed by atoms with E-state index in [1.165, 1.54) is 18.2 Å². The summed E-state index contributed by atoms with van der Waals surface area (Å²) in [5.74, 6) is -0.423. The molecule has 0 saturated carbocycles. The molecular formula is C22H14F4N2. The van der Waals surface area contributed by atoms with Crippen molar-refractivity contribution in [3.63, 3.8) is 0 Å². The molecule has 0 radical (unpaired) electrons. The lowest BCUT2D eigenvalue weighted by atomic mass is 10.0. The molecule has 0 aliphatic heterocycles. The number of alkyl halides is 3. The van der Waals surface area contributed by atoms with E-state index in [0.717, 1.165) is 23.3 Å². The van der Waals surface area contributed by atoms with Crippen LogP contribution in [0.5, 0.6) is 0 Å². The molecule has 0 N–H and O–H groups in total. The number of fused-ring (bicyclic) bond motifs is 1. The van der Waals surface area contributed by atoms with Crippen LogP contribution in [0.4, 0.5) is 17.6 Å². The van der Waals surface area contributed by atoms with Crippen molar-refractivity contribution < 1.29 is 17.6 Å². The molecule has 2 aromatic carbocycles. The van der Waals surface area contributed by atoms with Crippen molar-refractivity contribution in [3.8, 4) is 11.3 Å². The quantitative estimate of drug-likeness (QED) is 0.403. The van der Waals surface area contributed by atoms with Gasteiger partial charge in [-0.05, 0) is 47.5 Å². The Hall–Kier alpha value is -3.28. The highest BCUT2D eigenvalue weighted by Crippen LogP contribution is 2.32. The molecule has 4 rings (SSSR count). The average Bonchev–Trinajstić information content (AvgIpc) is 2.70. The Morgan fingerprint density at radius 3 is 2.50 bits per heavy atom. The zero-order valence-electron chi connectivity index (χ0n) is 14.5. The topological polar surface area (TPSA) is 25.8 Å². The molecule has 0 unspecified atom stereocenters. The van der Waals surface area contributed by atoms with Crippen molar-refractivity contribution in [2.24, 2.45) is 0 Å². The fraction of sp³-hybridized carbons (Fsp3) is 0.0909. The first-order chi connectivity index (χ1) is 13.4. The Labute approximate surface area is 158 Å². The van der Waals surface area contributed by atoms with E-state index in [2.05, 4.69) is 9.97 Å². The van der Waals surface area contributed by atoms with E-state index < -0.39 is 17.6 Å². The van der Waals surface area contributed by atoms with Gasteiger partial charge in [0, 0.05) is 29.8 Å². The van der Waals surface area contributed by atoms with Crippen LogP contribution in [0.15, 0.2) is 73.1 Å². The predicted octanol–water partition coefficient (Wildman–Crippen LogP) is 6.05. The third kappa shape index (κ3) is 3.58. The van der Waals surface area contributed by atoms with Crippen LogP contribution in [-0.2, 0) is 12.6 Å². The van der Waals surface area contributed by atoms with Gasteiger partial charge in [-0.1, -0.05) is 24.3 Å². The molecule has 0 aliphatic rings. The Balaban J connectivity index is 1.83. The summed E-state index contributed by atoms with van der Waals surface area (Å²) in [5, 5.41) is 0.331. The summed E-state index contributed by atoms with van der Waals surface area (Å²) in [6.45, 7) is 0. The van der Waals surface area contributed by atoms with Crippen LogP contribution in [0.1, 0.15) is 16.7 Å². The second-order valence-corrected chi connectivity index (χ2v) is 6.42. The second kappa shape index (κ2) is 7.03. The third-order valence-corrected chi connectivity index (χ3v) is 4.49. The van der Waals surface area contributed by atoms with Gasteiger partial charge in [-0.2, -0.15) is 13.2 Å². The molecule has 2 heterocycles. The van der Waals surface area contributed by atoms with E-state index in [1.807, 2.05) is 12.1 Å². The van der Waals surface area contributed by atoms with E-state index in [0.29, 0.717) is 28.6 Å². The van der Waals surface area contributed by atoms with E-state index in [-0.39, 0.29) is 0 Å². The fourth-order valence-electron chi connectivity index (χ4n) is 3.12. The number of hydrogen-bond acceptors (Lipinski definition) is 2. The number of aromatic nitrogens is 2. The van der Waals surface area contributed by atoms with Crippen LogP contribution < -0.4 is 0 Å². The van der Waals surface area contributed by atoms with Gasteiger partial charge in [0.1, 0.15) is 5.82 Å². The van der Waals surface area contributed by atoms with Gasteiger partial charge in [0.15, 0.2) is 0 Å². The molecule has 0 bridgehead atoms. The maximum atomic E-state index is 14.3. The molecule has 2 nitrogen and oxygen atoms in total. The summed E-state index contributed by atoms with van der Waals surface area (Å²) in [6, 6.07) is 14.8. The number of pyridine rings is 2. The largest absolute Gasteiger partial charge is 0.416 e. The van der Waals surface area contributed by atoms with Crippen LogP contribution in [0.3, 0.4) is 0 Å². The lowest BCUT2D eigenvalue weighted by Gasteiger charge is -2.11. The lowest BCUT2D eigenvalue weighted by Crippen LogP contribution is -2.04. The highest BCUT2D eigenvalue weighted by atomic mass is 19.4. The van der Waals surface area contributed by atoms with Gasteiger partial charge in [-0.15, -0.1) is 0 Å². The standard InChI is InChI=1S/C22H14F4N2/c23-19-8-6-16(11-14-3-2-10-27-13-14)21-18(19)7-9-20(28-21)15-4-1-5-17(12-15)22(24,25)26/h1-10,12-13H,11H2. The zero-order valence-corrected chi connectivity index (χ0v) is 14.5. The Bertz CT molecular complexity index is 1140. The summed E-state index contributed by atoms with van der Waals surface area (Å²) < 4.78 is 53.3. The fourth-order valence-corrected chi connectivity index (χ4v) is 3.12. The van der Waals surface area contributed by atoms with Crippen molar-refractivity contribution in [2.45, 2.75) is 12.6 Å². The summed E-state index contributed by atoms with van der Waals surface area (Å²) in [4.78, 5) is 8.57. The molecule has 0 fully saturated rings. The van der Waals surface area contributed by atoms with Crippen LogP contribution in [0, 0.1) is 5.82 Å². The smallest absolute Gasteiger partial charge is 0.264 e. The van der Waals surface area contributed by atoms with Gasteiger partial charge < -0.3 is 0 Å². The Morgan fingerprint density at radius 2 is 1.75 bits per heavy atom. The number of halogens is 4. The molecule has 0 amide bonds. The molecule has 4 aromatic rings. The Kier molecular flexibility index (Phi) is 4.55. The van der Waals surface area contributed by atoms with Crippen molar-refractivity contribution in [2.75, 3.05) is 0 Å². The first-order valence-corrected chi connectivity index (χ1v) is 8.56. The minimum atomic E-state index is -4.44. The van der Waals surface area contributed by atoms with Gasteiger partial charge in [0.2, 0.25) is 0 Å². The molecule has 28 heavy (non-hydrogen) atoms. The first kappa shape index (κ1) is 18.1. The van der Waals surface area contributed by atoms with Gasteiger partial charge in [0.25, 0.3) is 0 Å². The van der Waals surface area contributed by atoms with E-state index in [1.54, 1.807) is 30.6 Å². The van der Waals surface area contributed by atoms with Crippen molar-refractivity contribution in [3.05, 3.63) is 95.6 Å².